The Balaban J connectivity index is 1.76. The lowest BCUT2D eigenvalue weighted by atomic mass is 9.94. The van der Waals surface area contributed by atoms with Crippen LogP contribution >= 0.6 is 15.9 Å². The molecule has 0 spiro atoms. The van der Waals surface area contributed by atoms with Crippen LogP contribution in [0.1, 0.15) is 51.6 Å². The highest BCUT2D eigenvalue weighted by Gasteiger charge is 2.29. The van der Waals surface area contributed by atoms with Gasteiger partial charge in [0.1, 0.15) is 6.54 Å². The SMILES string of the molecule is CC(C)CN(Cc1cccn1C)C(=O)CN(C(=O)Nc1ccc(Br)cc1)C1CCCCC1. The minimum Gasteiger partial charge on any atom is -0.353 e. The van der Waals surface area contributed by atoms with E-state index in [0.717, 1.165) is 41.5 Å². The van der Waals surface area contributed by atoms with Crippen LogP contribution < -0.4 is 5.32 Å². The Kier molecular flexibility index (Phi) is 8.79. The van der Waals surface area contributed by atoms with Crippen LogP contribution in [-0.2, 0) is 18.4 Å². The molecule has 1 heterocycles. The molecule has 1 fully saturated rings. The zero-order chi connectivity index (χ0) is 23.1. The number of halogens is 1. The van der Waals surface area contributed by atoms with Crippen LogP contribution in [-0.4, -0.2) is 45.4 Å². The van der Waals surface area contributed by atoms with Gasteiger partial charge >= 0.3 is 6.03 Å². The second-order valence-corrected chi connectivity index (χ2v) is 10.1. The fourth-order valence-corrected chi connectivity index (χ4v) is 4.55. The summed E-state index contributed by atoms with van der Waals surface area (Å²) in [5.74, 6) is 0.343. The second-order valence-electron chi connectivity index (χ2n) is 9.14. The standard InChI is InChI=1S/C25H35BrN4O2/c1-19(2)16-29(17-23-10-7-15-28(23)3)24(31)18-30(22-8-5-4-6-9-22)25(32)27-21-13-11-20(26)12-14-21/h7,10-15,19,22H,4-6,8-9,16-18H2,1-3H3,(H,27,32). The predicted molar refractivity (Wildman–Crippen MR) is 132 cm³/mol. The number of anilines is 1. The summed E-state index contributed by atoms with van der Waals surface area (Å²) in [4.78, 5) is 30.4. The normalized spacial score (nSPS) is 14.4. The summed E-state index contributed by atoms with van der Waals surface area (Å²) >= 11 is 3.43. The van der Waals surface area contributed by atoms with Gasteiger partial charge in [-0.2, -0.15) is 0 Å². The molecule has 32 heavy (non-hydrogen) atoms. The molecule has 0 aliphatic heterocycles. The molecule has 1 aliphatic carbocycles. The maximum absolute atomic E-state index is 13.5. The first-order chi connectivity index (χ1) is 15.3. The molecule has 0 radical (unpaired) electrons. The molecule has 1 saturated carbocycles. The molecule has 1 aliphatic rings. The Morgan fingerprint density at radius 2 is 1.81 bits per heavy atom. The summed E-state index contributed by atoms with van der Waals surface area (Å²) in [7, 11) is 1.99. The van der Waals surface area contributed by atoms with E-state index in [1.54, 1.807) is 4.90 Å². The quantitative estimate of drug-likeness (QED) is 0.507. The molecule has 0 saturated heterocycles. The minimum absolute atomic E-state index is 0.00331. The van der Waals surface area contributed by atoms with Crippen LogP contribution in [0.3, 0.4) is 0 Å². The van der Waals surface area contributed by atoms with Gasteiger partial charge in [-0.25, -0.2) is 4.79 Å². The Labute approximate surface area is 200 Å². The first kappa shape index (κ1) is 24.4. The second kappa shape index (κ2) is 11.5. The van der Waals surface area contributed by atoms with E-state index < -0.39 is 0 Å². The zero-order valence-corrected chi connectivity index (χ0v) is 21.0. The topological polar surface area (TPSA) is 57.6 Å². The first-order valence-corrected chi connectivity index (χ1v) is 12.3. The summed E-state index contributed by atoms with van der Waals surface area (Å²) in [6, 6.07) is 11.5. The number of amides is 3. The number of carbonyl (C=O) groups is 2. The molecule has 2 aromatic rings. The van der Waals surface area contributed by atoms with E-state index in [9.17, 15) is 9.59 Å². The monoisotopic (exact) mass is 502 g/mol. The number of hydrogen-bond acceptors (Lipinski definition) is 2. The largest absolute Gasteiger partial charge is 0.353 e. The molecule has 6 nitrogen and oxygen atoms in total. The molecule has 3 amide bonds. The number of rotatable bonds is 8. The molecule has 1 N–H and O–H groups in total. The van der Waals surface area contributed by atoms with Crippen molar-refractivity contribution in [3.8, 4) is 0 Å². The average molecular weight is 503 g/mol. The zero-order valence-electron chi connectivity index (χ0n) is 19.4. The van der Waals surface area contributed by atoms with E-state index in [-0.39, 0.29) is 24.5 Å². The number of nitrogens with zero attached hydrogens (tertiary/aromatic N) is 3. The van der Waals surface area contributed by atoms with Gasteiger partial charge in [0.25, 0.3) is 0 Å². The molecule has 0 unspecified atom stereocenters. The maximum atomic E-state index is 13.5. The van der Waals surface area contributed by atoms with Crippen molar-refractivity contribution in [1.29, 1.82) is 0 Å². The van der Waals surface area contributed by atoms with Crippen LogP contribution in [0.4, 0.5) is 10.5 Å². The molecule has 174 valence electrons. The van der Waals surface area contributed by atoms with Gasteiger partial charge in [-0.3, -0.25) is 4.79 Å². The number of benzene rings is 1. The number of urea groups is 1. The summed E-state index contributed by atoms with van der Waals surface area (Å²) < 4.78 is 3.00. The number of carbonyl (C=O) groups excluding carboxylic acids is 2. The van der Waals surface area contributed by atoms with Crippen molar-refractivity contribution in [3.63, 3.8) is 0 Å². The van der Waals surface area contributed by atoms with Crippen molar-refractivity contribution in [2.24, 2.45) is 13.0 Å². The number of hydrogen-bond donors (Lipinski definition) is 1. The molecule has 1 aromatic carbocycles. The van der Waals surface area contributed by atoms with Crippen LogP contribution in [0.2, 0.25) is 0 Å². The highest BCUT2D eigenvalue weighted by atomic mass is 79.9. The van der Waals surface area contributed by atoms with E-state index in [2.05, 4.69) is 35.1 Å². The molecule has 3 rings (SSSR count). The molecule has 1 aromatic heterocycles. The lowest BCUT2D eigenvalue weighted by molar-refractivity contribution is -0.133. The van der Waals surface area contributed by atoms with Gasteiger partial charge < -0.3 is 19.7 Å². The Morgan fingerprint density at radius 3 is 2.41 bits per heavy atom. The van der Waals surface area contributed by atoms with Crippen molar-refractivity contribution in [2.45, 2.75) is 58.5 Å². The Hall–Kier alpha value is -2.28. The lowest BCUT2D eigenvalue weighted by Gasteiger charge is -2.35. The maximum Gasteiger partial charge on any atom is 0.322 e. The van der Waals surface area contributed by atoms with Gasteiger partial charge in [0.15, 0.2) is 0 Å². The molecular formula is C25H35BrN4O2. The number of aryl methyl sites for hydroxylation is 1. The third-order valence-electron chi connectivity index (χ3n) is 6.02. The van der Waals surface area contributed by atoms with E-state index in [0.29, 0.717) is 19.0 Å². The third-order valence-corrected chi connectivity index (χ3v) is 6.55. The van der Waals surface area contributed by atoms with Gasteiger partial charge in [-0.05, 0) is 55.2 Å². The molecule has 7 heteroatoms. The fraction of sp³-hybridized carbons (Fsp3) is 0.520. The van der Waals surface area contributed by atoms with Gasteiger partial charge in [-0.15, -0.1) is 0 Å². The smallest absolute Gasteiger partial charge is 0.322 e. The van der Waals surface area contributed by atoms with E-state index in [1.165, 1.54) is 6.42 Å². The minimum atomic E-state index is -0.198. The van der Waals surface area contributed by atoms with E-state index >= 15 is 0 Å². The van der Waals surface area contributed by atoms with Crippen LogP contribution in [0.15, 0.2) is 47.1 Å². The molecule has 0 atom stereocenters. The van der Waals surface area contributed by atoms with E-state index in [4.69, 9.17) is 0 Å². The predicted octanol–water partition coefficient (Wildman–Crippen LogP) is 5.64. The summed E-state index contributed by atoms with van der Waals surface area (Å²) in [5.41, 5.74) is 1.82. The average Bonchev–Trinajstić information content (AvgIpc) is 3.17. The van der Waals surface area contributed by atoms with Gasteiger partial charge in [0, 0.05) is 41.7 Å². The van der Waals surface area contributed by atoms with Gasteiger partial charge in [0.2, 0.25) is 5.91 Å². The summed E-state index contributed by atoms with van der Waals surface area (Å²) in [6.07, 6.45) is 7.28. The lowest BCUT2D eigenvalue weighted by Crippen LogP contribution is -2.50. The highest BCUT2D eigenvalue weighted by molar-refractivity contribution is 9.10. The van der Waals surface area contributed by atoms with Gasteiger partial charge in [-0.1, -0.05) is 49.0 Å². The van der Waals surface area contributed by atoms with E-state index in [1.807, 2.05) is 59.1 Å². The van der Waals surface area contributed by atoms with Crippen molar-refractivity contribution in [1.82, 2.24) is 14.4 Å². The van der Waals surface area contributed by atoms with Crippen molar-refractivity contribution >= 4 is 33.6 Å². The number of nitrogens with one attached hydrogen (secondary N) is 1. The van der Waals surface area contributed by atoms with Crippen molar-refractivity contribution < 1.29 is 9.59 Å². The van der Waals surface area contributed by atoms with Crippen LogP contribution in [0.25, 0.3) is 0 Å². The van der Waals surface area contributed by atoms with Crippen molar-refractivity contribution in [2.75, 3.05) is 18.4 Å². The highest BCUT2D eigenvalue weighted by Crippen LogP contribution is 2.24. The van der Waals surface area contributed by atoms with Crippen molar-refractivity contribution in [3.05, 3.63) is 52.8 Å². The van der Waals surface area contributed by atoms with Crippen LogP contribution in [0, 0.1) is 5.92 Å². The molecule has 0 bridgehead atoms. The summed E-state index contributed by atoms with van der Waals surface area (Å²) in [6.45, 7) is 5.54. The fourth-order valence-electron chi connectivity index (χ4n) is 4.29. The third kappa shape index (κ3) is 6.86. The number of aromatic nitrogens is 1. The Bertz CT molecular complexity index is 888. The van der Waals surface area contributed by atoms with Gasteiger partial charge in [0.05, 0.1) is 6.54 Å². The van der Waals surface area contributed by atoms with Crippen LogP contribution in [0.5, 0.6) is 0 Å². The summed E-state index contributed by atoms with van der Waals surface area (Å²) in [5, 5.41) is 3.00. The molecular weight excluding hydrogens is 468 g/mol. The first-order valence-electron chi connectivity index (χ1n) is 11.5. The Morgan fingerprint density at radius 1 is 1.12 bits per heavy atom.